The first-order valence-electron chi connectivity index (χ1n) is 14.2. The smallest absolute Gasteiger partial charge is 0.338 e. The molecule has 0 aromatic heterocycles. The zero-order valence-corrected chi connectivity index (χ0v) is 24.5. The highest BCUT2D eigenvalue weighted by molar-refractivity contribution is 7.92. The molecule has 0 saturated carbocycles. The van der Waals surface area contributed by atoms with Gasteiger partial charge in [-0.1, -0.05) is 66.7 Å². The van der Waals surface area contributed by atoms with Crippen molar-refractivity contribution in [1.82, 2.24) is 4.90 Å². The third-order valence-corrected chi connectivity index (χ3v) is 8.78. The molecule has 1 saturated heterocycles. The standard InChI is InChI=1S/C34H34N2O6S/c37-33(36-20-18-27(19-21-36)22-26-8-3-1-4-9-26)25-42-34(38)29-12-7-13-32(23-29)43(39,40)35-30-14-16-31(17-15-30)41-24-28-10-5-2-6-11-28/h1-17,23,27,35H,18-22,24-25H2. The molecular weight excluding hydrogens is 564 g/mol. The number of rotatable bonds is 11. The molecule has 0 bridgehead atoms. The molecule has 0 atom stereocenters. The number of carbonyl (C=O) groups is 2. The number of nitrogens with one attached hydrogen (secondary N) is 1. The maximum absolute atomic E-state index is 13.0. The highest BCUT2D eigenvalue weighted by Gasteiger charge is 2.24. The number of ether oxygens (including phenoxy) is 2. The predicted molar refractivity (Wildman–Crippen MR) is 164 cm³/mol. The summed E-state index contributed by atoms with van der Waals surface area (Å²) in [5.41, 5.74) is 2.71. The summed E-state index contributed by atoms with van der Waals surface area (Å²) in [4.78, 5) is 27.0. The number of hydrogen-bond donors (Lipinski definition) is 1. The van der Waals surface area contributed by atoms with Gasteiger partial charge in [0.05, 0.1) is 10.5 Å². The summed E-state index contributed by atoms with van der Waals surface area (Å²) in [5, 5.41) is 0. The maximum Gasteiger partial charge on any atom is 0.338 e. The second kappa shape index (κ2) is 14.0. The van der Waals surface area contributed by atoms with E-state index >= 15 is 0 Å². The van der Waals surface area contributed by atoms with Crippen LogP contribution in [0.4, 0.5) is 5.69 Å². The Morgan fingerprint density at radius 1 is 0.791 bits per heavy atom. The molecule has 4 aromatic carbocycles. The van der Waals surface area contributed by atoms with Crippen LogP contribution in [0.15, 0.2) is 114 Å². The van der Waals surface area contributed by atoms with E-state index in [1.807, 2.05) is 48.5 Å². The van der Waals surface area contributed by atoms with E-state index in [1.165, 1.54) is 29.8 Å². The molecule has 43 heavy (non-hydrogen) atoms. The van der Waals surface area contributed by atoms with Gasteiger partial charge in [0.25, 0.3) is 15.9 Å². The molecule has 1 aliphatic rings. The van der Waals surface area contributed by atoms with E-state index in [0.29, 0.717) is 37.1 Å². The predicted octanol–water partition coefficient (Wildman–Crippen LogP) is 5.70. The average Bonchev–Trinajstić information content (AvgIpc) is 3.04. The van der Waals surface area contributed by atoms with Crippen LogP contribution >= 0.6 is 0 Å². The van der Waals surface area contributed by atoms with Crippen molar-refractivity contribution in [3.05, 3.63) is 126 Å². The summed E-state index contributed by atoms with van der Waals surface area (Å²) >= 11 is 0. The lowest BCUT2D eigenvalue weighted by Crippen LogP contribution is -2.41. The normalized spacial score (nSPS) is 13.7. The first kappa shape index (κ1) is 29.8. The van der Waals surface area contributed by atoms with E-state index in [4.69, 9.17) is 9.47 Å². The van der Waals surface area contributed by atoms with Crippen molar-refractivity contribution in [3.63, 3.8) is 0 Å². The lowest BCUT2D eigenvalue weighted by Gasteiger charge is -2.32. The first-order chi connectivity index (χ1) is 20.9. The third-order valence-electron chi connectivity index (χ3n) is 7.40. The van der Waals surface area contributed by atoms with Gasteiger partial charge in [0.2, 0.25) is 0 Å². The van der Waals surface area contributed by atoms with Crippen LogP contribution < -0.4 is 9.46 Å². The fourth-order valence-corrected chi connectivity index (χ4v) is 6.10. The zero-order valence-electron chi connectivity index (χ0n) is 23.7. The van der Waals surface area contributed by atoms with Gasteiger partial charge in [-0.2, -0.15) is 0 Å². The van der Waals surface area contributed by atoms with Crippen LogP contribution in [0.3, 0.4) is 0 Å². The van der Waals surface area contributed by atoms with E-state index in [1.54, 1.807) is 29.2 Å². The van der Waals surface area contributed by atoms with Gasteiger partial charge in [-0.15, -0.1) is 0 Å². The molecule has 0 aliphatic carbocycles. The van der Waals surface area contributed by atoms with Gasteiger partial charge in [0.15, 0.2) is 6.61 Å². The van der Waals surface area contributed by atoms with Gasteiger partial charge in [-0.25, -0.2) is 13.2 Å². The highest BCUT2D eigenvalue weighted by atomic mass is 32.2. The number of hydrogen-bond acceptors (Lipinski definition) is 6. The van der Waals surface area contributed by atoms with Crippen molar-refractivity contribution < 1.29 is 27.5 Å². The molecule has 0 spiro atoms. The van der Waals surface area contributed by atoms with E-state index < -0.39 is 22.6 Å². The number of anilines is 1. The fourth-order valence-electron chi connectivity index (χ4n) is 5.00. The van der Waals surface area contributed by atoms with Gasteiger partial charge in [0.1, 0.15) is 12.4 Å². The van der Waals surface area contributed by atoms with Gasteiger partial charge in [-0.05, 0) is 78.8 Å². The van der Waals surface area contributed by atoms with Gasteiger partial charge in [0, 0.05) is 18.8 Å². The van der Waals surface area contributed by atoms with Crippen LogP contribution in [-0.2, 0) is 32.6 Å². The van der Waals surface area contributed by atoms with Crippen LogP contribution in [-0.4, -0.2) is 44.9 Å². The molecule has 4 aromatic rings. The molecule has 9 heteroatoms. The molecule has 1 amide bonds. The molecule has 222 valence electrons. The number of sulfonamides is 1. The van der Waals surface area contributed by atoms with Gasteiger partial charge >= 0.3 is 5.97 Å². The number of likely N-dealkylation sites (tertiary alicyclic amines) is 1. The zero-order chi connectivity index (χ0) is 30.1. The Kier molecular flexibility index (Phi) is 9.73. The number of esters is 1. The summed E-state index contributed by atoms with van der Waals surface area (Å²) in [6.07, 6.45) is 2.77. The quantitative estimate of drug-likeness (QED) is 0.222. The number of benzene rings is 4. The Bertz CT molecular complexity index is 1620. The second-order valence-corrected chi connectivity index (χ2v) is 12.2. The molecule has 5 rings (SSSR count). The summed E-state index contributed by atoms with van der Waals surface area (Å²) in [6.45, 7) is 1.24. The lowest BCUT2D eigenvalue weighted by atomic mass is 9.90. The minimum absolute atomic E-state index is 0.0434. The van der Waals surface area contributed by atoms with Crippen molar-refractivity contribution in [1.29, 1.82) is 0 Å². The van der Waals surface area contributed by atoms with Crippen molar-refractivity contribution in [2.75, 3.05) is 24.4 Å². The van der Waals surface area contributed by atoms with E-state index in [9.17, 15) is 18.0 Å². The van der Waals surface area contributed by atoms with Crippen LogP contribution in [0.25, 0.3) is 0 Å². The Labute approximate surface area is 252 Å². The highest BCUT2D eigenvalue weighted by Crippen LogP contribution is 2.23. The Hall–Kier alpha value is -4.63. The number of carbonyl (C=O) groups excluding carboxylic acids is 2. The minimum atomic E-state index is -3.99. The topological polar surface area (TPSA) is 102 Å². The SMILES string of the molecule is O=C(OCC(=O)N1CCC(Cc2ccccc2)CC1)c1cccc(S(=O)(=O)Nc2ccc(OCc3ccccc3)cc2)c1. The van der Waals surface area contributed by atoms with Crippen LogP contribution in [0, 0.1) is 5.92 Å². The molecular formula is C34H34N2O6S. The lowest BCUT2D eigenvalue weighted by molar-refractivity contribution is -0.135. The molecule has 1 fully saturated rings. The summed E-state index contributed by atoms with van der Waals surface area (Å²) < 4.78 is 39.6. The van der Waals surface area contributed by atoms with Crippen molar-refractivity contribution >= 4 is 27.6 Å². The van der Waals surface area contributed by atoms with Crippen molar-refractivity contribution in [2.24, 2.45) is 5.92 Å². The largest absolute Gasteiger partial charge is 0.489 e. The Morgan fingerprint density at radius 3 is 2.12 bits per heavy atom. The fraction of sp³-hybridized carbons (Fsp3) is 0.235. The third kappa shape index (κ3) is 8.45. The van der Waals surface area contributed by atoms with E-state index in [2.05, 4.69) is 16.9 Å². The molecule has 0 radical (unpaired) electrons. The Balaban J connectivity index is 1.10. The van der Waals surface area contributed by atoms with Crippen LogP contribution in [0.2, 0.25) is 0 Å². The average molecular weight is 599 g/mol. The van der Waals surface area contributed by atoms with Crippen LogP contribution in [0.5, 0.6) is 5.75 Å². The number of amides is 1. The summed E-state index contributed by atoms with van der Waals surface area (Å²) in [5.74, 6) is 0.0956. The summed E-state index contributed by atoms with van der Waals surface area (Å²) in [7, 11) is -3.99. The molecule has 1 aliphatic heterocycles. The second-order valence-electron chi connectivity index (χ2n) is 10.5. The minimum Gasteiger partial charge on any atom is -0.489 e. The first-order valence-corrected chi connectivity index (χ1v) is 15.7. The van der Waals surface area contributed by atoms with Crippen molar-refractivity contribution in [3.8, 4) is 5.75 Å². The Morgan fingerprint density at radius 2 is 1.44 bits per heavy atom. The number of nitrogens with zero attached hydrogens (tertiary/aromatic N) is 1. The summed E-state index contributed by atoms with van der Waals surface area (Å²) in [6, 6.07) is 32.1. The van der Waals surface area contributed by atoms with Gasteiger partial charge in [-0.3, -0.25) is 9.52 Å². The molecule has 8 nitrogen and oxygen atoms in total. The van der Waals surface area contributed by atoms with Crippen LogP contribution in [0.1, 0.15) is 34.3 Å². The van der Waals surface area contributed by atoms with Gasteiger partial charge < -0.3 is 14.4 Å². The van der Waals surface area contributed by atoms with Crippen molar-refractivity contribution in [2.45, 2.75) is 30.8 Å². The molecule has 1 N–H and O–H groups in total. The number of piperidine rings is 1. The monoisotopic (exact) mass is 598 g/mol. The maximum atomic E-state index is 13.0. The molecule has 0 unspecified atom stereocenters. The van der Waals surface area contributed by atoms with E-state index in [0.717, 1.165) is 24.8 Å². The van der Waals surface area contributed by atoms with E-state index in [-0.39, 0.29) is 16.4 Å². The molecule has 1 heterocycles.